The normalized spacial score (nSPS) is 18.1. The number of amides is 1. The van der Waals surface area contributed by atoms with Crippen molar-refractivity contribution in [2.75, 3.05) is 27.2 Å². The molecule has 0 saturated carbocycles. The van der Waals surface area contributed by atoms with Gasteiger partial charge in [0, 0.05) is 12.7 Å². The Hall–Kier alpha value is -3.52. The highest BCUT2D eigenvalue weighted by Gasteiger charge is 2.46. The highest BCUT2D eigenvalue weighted by Crippen LogP contribution is 2.40. The van der Waals surface area contributed by atoms with Crippen molar-refractivity contribution in [2.45, 2.75) is 26.3 Å². The number of pyridine rings is 1. The summed E-state index contributed by atoms with van der Waals surface area (Å²) < 4.78 is 15.8. The lowest BCUT2D eigenvalue weighted by atomic mass is 9.96. The molecule has 2 aromatic heterocycles. The Bertz CT molecular complexity index is 1280. The van der Waals surface area contributed by atoms with Crippen LogP contribution in [0.4, 0.5) is 4.39 Å². The van der Waals surface area contributed by atoms with Gasteiger partial charge in [0.05, 0.1) is 17.3 Å². The molecule has 0 aliphatic carbocycles. The predicted octanol–water partition coefficient (Wildman–Crippen LogP) is 3.46. The molecule has 7 nitrogen and oxygen atoms in total. The maximum Gasteiger partial charge on any atom is 0.295 e. The number of aromatic nitrogens is 2. The van der Waals surface area contributed by atoms with E-state index in [1.165, 1.54) is 23.1 Å². The van der Waals surface area contributed by atoms with E-state index in [0.29, 0.717) is 42.1 Å². The van der Waals surface area contributed by atoms with Crippen molar-refractivity contribution in [3.63, 3.8) is 0 Å². The number of nitrogens with zero attached hydrogens (tertiary/aromatic N) is 4. The van der Waals surface area contributed by atoms with Crippen LogP contribution in [0.5, 0.6) is 0 Å². The molecule has 172 valence electrons. The first-order valence-electron chi connectivity index (χ1n) is 10.8. The van der Waals surface area contributed by atoms with E-state index >= 15 is 0 Å². The third-order valence-corrected chi connectivity index (χ3v) is 5.95. The van der Waals surface area contributed by atoms with Gasteiger partial charge in [-0.25, -0.2) is 9.37 Å². The molecule has 1 atom stereocenters. The second-order valence-corrected chi connectivity index (χ2v) is 8.63. The highest BCUT2D eigenvalue weighted by atomic mass is 19.1. The molecule has 0 bridgehead atoms. The summed E-state index contributed by atoms with van der Waals surface area (Å²) in [5.41, 5.74) is 2.81. The summed E-state index contributed by atoms with van der Waals surface area (Å²) in [4.78, 5) is 34.2. The number of benzene rings is 1. The monoisotopic (exact) mass is 450 g/mol. The number of hydrogen-bond donors (Lipinski definition) is 1. The zero-order chi connectivity index (χ0) is 23.9. The van der Waals surface area contributed by atoms with Crippen LogP contribution in [0, 0.1) is 19.7 Å². The first-order chi connectivity index (χ1) is 15.7. The van der Waals surface area contributed by atoms with Crippen molar-refractivity contribution in [2.24, 2.45) is 0 Å². The molecule has 0 spiro atoms. The topological polar surface area (TPSA) is 78.1 Å². The van der Waals surface area contributed by atoms with Gasteiger partial charge in [0.15, 0.2) is 5.76 Å². The number of carbonyl (C=O) groups is 2. The van der Waals surface area contributed by atoms with Gasteiger partial charge in [0.1, 0.15) is 17.2 Å². The third-order valence-electron chi connectivity index (χ3n) is 5.95. The number of hydrogen-bond acceptors (Lipinski definition) is 5. The maximum absolute atomic E-state index is 14.1. The summed E-state index contributed by atoms with van der Waals surface area (Å²) in [6, 6.07) is 8.64. The van der Waals surface area contributed by atoms with Gasteiger partial charge in [0.2, 0.25) is 0 Å². The van der Waals surface area contributed by atoms with E-state index in [-0.39, 0.29) is 11.3 Å². The van der Waals surface area contributed by atoms with Crippen LogP contribution in [0.2, 0.25) is 0 Å². The predicted molar refractivity (Wildman–Crippen MR) is 123 cm³/mol. The van der Waals surface area contributed by atoms with Gasteiger partial charge in [-0.05, 0) is 70.2 Å². The van der Waals surface area contributed by atoms with Crippen molar-refractivity contribution in [3.8, 4) is 0 Å². The Balaban J connectivity index is 1.90. The Morgan fingerprint density at radius 2 is 1.94 bits per heavy atom. The molecular weight excluding hydrogens is 423 g/mol. The molecule has 3 heterocycles. The van der Waals surface area contributed by atoms with E-state index in [2.05, 4.69) is 4.98 Å². The van der Waals surface area contributed by atoms with Crippen molar-refractivity contribution < 1.29 is 19.1 Å². The molecule has 33 heavy (non-hydrogen) atoms. The molecule has 1 aromatic carbocycles. The molecule has 0 radical (unpaired) electrons. The number of aryl methyl sites for hydroxylation is 2. The zero-order valence-corrected chi connectivity index (χ0v) is 19.2. The Kier molecular flexibility index (Phi) is 6.03. The molecule has 1 N–H and O–H groups in total. The third kappa shape index (κ3) is 4.02. The fraction of sp³-hybridized carbons (Fsp3) is 0.320. The molecule has 4 rings (SSSR count). The lowest BCUT2D eigenvalue weighted by Crippen LogP contribution is -2.32. The lowest BCUT2D eigenvalue weighted by Gasteiger charge is -2.26. The number of fused-ring (bicyclic) bond motifs is 1. The first kappa shape index (κ1) is 22.7. The number of Topliss-reactive ketones (excluding diaryl/α,β-unsaturated/α-hetero) is 1. The van der Waals surface area contributed by atoms with Crippen LogP contribution in [-0.2, 0) is 9.59 Å². The van der Waals surface area contributed by atoms with Crippen LogP contribution >= 0.6 is 0 Å². The lowest BCUT2D eigenvalue weighted by molar-refractivity contribution is -0.139. The van der Waals surface area contributed by atoms with Crippen molar-refractivity contribution in [1.29, 1.82) is 0 Å². The van der Waals surface area contributed by atoms with Crippen LogP contribution < -0.4 is 0 Å². The number of aliphatic hydroxyl groups excluding tert-OH is 1. The van der Waals surface area contributed by atoms with E-state index in [1.807, 2.05) is 38.1 Å². The highest BCUT2D eigenvalue weighted by molar-refractivity contribution is 6.46. The van der Waals surface area contributed by atoms with Crippen LogP contribution in [-0.4, -0.2) is 63.2 Å². The number of carbonyl (C=O) groups excluding carboxylic acids is 2. The molecule has 1 aliphatic rings. The molecule has 8 heteroatoms. The van der Waals surface area contributed by atoms with Gasteiger partial charge >= 0.3 is 0 Å². The second-order valence-electron chi connectivity index (χ2n) is 8.63. The summed E-state index contributed by atoms with van der Waals surface area (Å²) in [5.74, 6) is -2.28. The quantitative estimate of drug-likeness (QED) is 0.354. The second kappa shape index (κ2) is 8.78. The Labute approximate surface area is 191 Å². The molecule has 1 saturated heterocycles. The van der Waals surface area contributed by atoms with Crippen LogP contribution in [0.1, 0.15) is 35.0 Å². The Morgan fingerprint density at radius 1 is 1.18 bits per heavy atom. The number of halogens is 1. The zero-order valence-electron chi connectivity index (χ0n) is 19.2. The molecule has 1 fully saturated rings. The smallest absolute Gasteiger partial charge is 0.295 e. The van der Waals surface area contributed by atoms with Gasteiger partial charge in [0.25, 0.3) is 11.7 Å². The van der Waals surface area contributed by atoms with Crippen LogP contribution in [0.25, 0.3) is 11.4 Å². The number of likely N-dealkylation sites (tertiary alicyclic amines) is 1. The summed E-state index contributed by atoms with van der Waals surface area (Å²) in [7, 11) is 3.85. The average molecular weight is 451 g/mol. The average Bonchev–Trinajstić information content (AvgIpc) is 3.23. The van der Waals surface area contributed by atoms with E-state index in [9.17, 15) is 19.1 Å². The minimum atomic E-state index is -0.891. The SMILES string of the molecule is Cc1nc2c(C)cccn2c1C(O)=C1C(=O)C(=O)N(CCCN(C)C)C1c1cccc(F)c1. The molecule has 1 amide bonds. The first-order valence-corrected chi connectivity index (χ1v) is 10.8. The summed E-state index contributed by atoms with van der Waals surface area (Å²) in [5, 5.41) is 11.4. The van der Waals surface area contributed by atoms with Crippen LogP contribution in [0.3, 0.4) is 0 Å². The molecular formula is C25H27FN4O3. The van der Waals surface area contributed by atoms with Gasteiger partial charge in [-0.3, -0.25) is 14.0 Å². The molecule has 3 aromatic rings. The van der Waals surface area contributed by atoms with E-state index in [4.69, 9.17) is 0 Å². The minimum absolute atomic E-state index is 0.0538. The van der Waals surface area contributed by atoms with Crippen LogP contribution in [0.15, 0.2) is 48.2 Å². The van der Waals surface area contributed by atoms with Crippen molar-refractivity contribution in [1.82, 2.24) is 19.2 Å². The molecule has 1 unspecified atom stereocenters. The van der Waals surface area contributed by atoms with Gasteiger partial charge in [-0.2, -0.15) is 0 Å². The van der Waals surface area contributed by atoms with Gasteiger partial charge in [-0.1, -0.05) is 18.2 Å². The summed E-state index contributed by atoms with van der Waals surface area (Å²) >= 11 is 0. The standard InChI is InChI=1S/C25H27FN4O3/c1-15-8-6-12-29-20(16(2)27-24(15)29)22(31)19-21(17-9-5-10-18(26)14-17)30(25(33)23(19)32)13-7-11-28(3)4/h5-6,8-10,12,14,21,31H,7,11,13H2,1-4H3. The molecule has 1 aliphatic heterocycles. The van der Waals surface area contributed by atoms with Gasteiger partial charge < -0.3 is 14.9 Å². The van der Waals surface area contributed by atoms with Gasteiger partial charge in [-0.15, -0.1) is 0 Å². The number of rotatable bonds is 6. The number of aliphatic hydroxyl groups is 1. The fourth-order valence-electron chi connectivity index (χ4n) is 4.42. The maximum atomic E-state index is 14.1. The Morgan fingerprint density at radius 3 is 2.64 bits per heavy atom. The van der Waals surface area contributed by atoms with Crippen molar-refractivity contribution >= 4 is 23.1 Å². The largest absolute Gasteiger partial charge is 0.505 e. The summed E-state index contributed by atoms with van der Waals surface area (Å²) in [6.45, 7) is 4.66. The van der Waals surface area contributed by atoms with E-state index < -0.39 is 23.5 Å². The summed E-state index contributed by atoms with van der Waals surface area (Å²) in [6.07, 6.45) is 2.38. The number of imidazole rings is 1. The van der Waals surface area contributed by atoms with E-state index in [0.717, 1.165) is 5.56 Å². The van der Waals surface area contributed by atoms with Crippen molar-refractivity contribution in [3.05, 3.63) is 76.5 Å². The number of ketones is 1. The van der Waals surface area contributed by atoms with E-state index in [1.54, 1.807) is 23.6 Å². The fourth-order valence-corrected chi connectivity index (χ4v) is 4.42. The minimum Gasteiger partial charge on any atom is -0.505 e.